The normalized spacial score (nSPS) is 16.7. The lowest BCUT2D eigenvalue weighted by molar-refractivity contribution is 0.0242. The van der Waals surface area contributed by atoms with Gasteiger partial charge in [-0.15, -0.1) is 11.3 Å². The zero-order chi connectivity index (χ0) is 21.0. The van der Waals surface area contributed by atoms with Gasteiger partial charge in [0.1, 0.15) is 11.1 Å². The monoisotopic (exact) mass is 436 g/mol. The van der Waals surface area contributed by atoms with Crippen molar-refractivity contribution in [3.8, 4) is 10.4 Å². The molecule has 0 spiro atoms. The number of hydrogen-bond donors (Lipinski definition) is 3. The Morgan fingerprint density at radius 2 is 2.00 bits per heavy atom. The predicted octanol–water partition coefficient (Wildman–Crippen LogP) is 3.65. The number of esters is 1. The molecule has 1 unspecified atom stereocenters. The molecule has 1 aromatic carbocycles. The predicted molar refractivity (Wildman–Crippen MR) is 112 cm³/mol. The summed E-state index contributed by atoms with van der Waals surface area (Å²) in [6.45, 7) is 0.778. The van der Waals surface area contributed by atoms with Crippen LogP contribution in [0.15, 0.2) is 30.3 Å². The molecular weight excluding hydrogens is 416 g/mol. The number of nitrogens with zero attached hydrogens (tertiary/aromatic N) is 1. The van der Waals surface area contributed by atoms with Crippen LogP contribution in [0, 0.1) is 0 Å². The summed E-state index contributed by atoms with van der Waals surface area (Å²) in [5.41, 5.74) is 11.6. The standard InChI is InChI=1S/C19H21ClN4O4S/c20-12-5-3-4-11(8-12)15-9-14(16(29-15)23-18(21)26)17(25)28-13-6-1-2-7-24(10-13)19(22)27/h3-5,8-9,13H,1-2,6-7,10H2,(H2,22,27)(H3,21,23,26). The highest BCUT2D eigenvalue weighted by molar-refractivity contribution is 7.20. The van der Waals surface area contributed by atoms with Crippen LogP contribution < -0.4 is 16.8 Å². The van der Waals surface area contributed by atoms with Crippen molar-refractivity contribution in [1.82, 2.24) is 4.90 Å². The van der Waals surface area contributed by atoms with Gasteiger partial charge in [0, 0.05) is 16.4 Å². The average molecular weight is 437 g/mol. The number of ether oxygens (including phenoxy) is 1. The van der Waals surface area contributed by atoms with Gasteiger partial charge in [-0.1, -0.05) is 23.7 Å². The molecule has 154 valence electrons. The van der Waals surface area contributed by atoms with Crippen LogP contribution in [0.3, 0.4) is 0 Å². The number of benzene rings is 1. The lowest BCUT2D eigenvalue weighted by Crippen LogP contribution is -2.41. The Balaban J connectivity index is 1.84. The smallest absolute Gasteiger partial charge is 0.341 e. The molecule has 3 rings (SSSR count). The first-order valence-corrected chi connectivity index (χ1v) is 10.2. The van der Waals surface area contributed by atoms with Crippen molar-refractivity contribution in [2.24, 2.45) is 11.5 Å². The van der Waals surface area contributed by atoms with E-state index in [9.17, 15) is 14.4 Å². The third-order valence-electron chi connectivity index (χ3n) is 4.51. The minimum Gasteiger partial charge on any atom is -0.457 e. The number of urea groups is 2. The minimum absolute atomic E-state index is 0.193. The summed E-state index contributed by atoms with van der Waals surface area (Å²) in [6.07, 6.45) is 1.75. The molecular formula is C19H21ClN4O4S. The van der Waals surface area contributed by atoms with Crippen molar-refractivity contribution in [3.63, 3.8) is 0 Å². The highest BCUT2D eigenvalue weighted by Gasteiger charge is 2.26. The lowest BCUT2D eigenvalue weighted by Gasteiger charge is -2.22. The number of hydrogen-bond acceptors (Lipinski definition) is 5. The lowest BCUT2D eigenvalue weighted by atomic mass is 10.1. The number of nitrogens with one attached hydrogen (secondary N) is 1. The summed E-state index contributed by atoms with van der Waals surface area (Å²) >= 11 is 7.25. The Morgan fingerprint density at radius 1 is 1.21 bits per heavy atom. The molecule has 0 bridgehead atoms. The second-order valence-corrected chi connectivity index (χ2v) is 8.15. The van der Waals surface area contributed by atoms with Crippen molar-refractivity contribution in [2.75, 3.05) is 18.4 Å². The van der Waals surface area contributed by atoms with E-state index in [1.807, 2.05) is 6.07 Å². The SMILES string of the molecule is NC(=O)Nc1sc(-c2cccc(Cl)c2)cc1C(=O)OC1CCCCN(C(N)=O)C1. The van der Waals surface area contributed by atoms with E-state index in [2.05, 4.69) is 5.32 Å². The summed E-state index contributed by atoms with van der Waals surface area (Å²) < 4.78 is 5.63. The molecule has 1 aromatic heterocycles. The number of carbonyl (C=O) groups is 3. The fourth-order valence-electron chi connectivity index (χ4n) is 3.15. The molecule has 5 N–H and O–H groups in total. The van der Waals surface area contributed by atoms with E-state index in [1.165, 1.54) is 16.2 Å². The molecule has 0 radical (unpaired) electrons. The molecule has 1 aliphatic heterocycles. The van der Waals surface area contributed by atoms with Crippen LogP contribution in [0.2, 0.25) is 5.02 Å². The second-order valence-electron chi connectivity index (χ2n) is 6.66. The van der Waals surface area contributed by atoms with E-state index in [0.717, 1.165) is 23.3 Å². The number of amides is 4. The van der Waals surface area contributed by atoms with Crippen LogP contribution in [0.1, 0.15) is 29.6 Å². The van der Waals surface area contributed by atoms with Crippen molar-refractivity contribution in [2.45, 2.75) is 25.4 Å². The fourth-order valence-corrected chi connectivity index (χ4v) is 4.38. The first-order valence-electron chi connectivity index (χ1n) is 9.05. The zero-order valence-electron chi connectivity index (χ0n) is 15.5. The Labute approximate surface area is 176 Å². The summed E-state index contributed by atoms with van der Waals surface area (Å²) in [5, 5.41) is 3.31. The number of primary amides is 2. The van der Waals surface area contributed by atoms with Gasteiger partial charge >= 0.3 is 18.0 Å². The van der Waals surface area contributed by atoms with Gasteiger partial charge in [-0.2, -0.15) is 0 Å². The van der Waals surface area contributed by atoms with Gasteiger partial charge in [-0.25, -0.2) is 14.4 Å². The van der Waals surface area contributed by atoms with E-state index >= 15 is 0 Å². The van der Waals surface area contributed by atoms with Gasteiger partial charge in [0.05, 0.1) is 12.1 Å². The van der Waals surface area contributed by atoms with Crippen molar-refractivity contribution in [3.05, 3.63) is 40.9 Å². The Morgan fingerprint density at radius 3 is 2.69 bits per heavy atom. The van der Waals surface area contributed by atoms with E-state index in [1.54, 1.807) is 24.3 Å². The molecule has 2 heterocycles. The number of halogens is 1. The van der Waals surface area contributed by atoms with Gasteiger partial charge < -0.3 is 21.1 Å². The number of likely N-dealkylation sites (tertiary alicyclic amines) is 1. The van der Waals surface area contributed by atoms with Gasteiger partial charge in [0.15, 0.2) is 0 Å². The van der Waals surface area contributed by atoms with E-state index in [-0.39, 0.29) is 17.1 Å². The minimum atomic E-state index is -0.784. The second kappa shape index (κ2) is 9.15. The van der Waals surface area contributed by atoms with E-state index < -0.39 is 24.1 Å². The molecule has 1 fully saturated rings. The Kier molecular flexibility index (Phi) is 6.60. The van der Waals surface area contributed by atoms with Crippen LogP contribution >= 0.6 is 22.9 Å². The highest BCUT2D eigenvalue weighted by atomic mass is 35.5. The summed E-state index contributed by atoms with van der Waals surface area (Å²) in [7, 11) is 0. The molecule has 1 aliphatic rings. The molecule has 2 aromatic rings. The van der Waals surface area contributed by atoms with Crippen molar-refractivity contribution >= 4 is 46.0 Å². The third kappa shape index (κ3) is 5.39. The quantitative estimate of drug-likeness (QED) is 0.632. The van der Waals surface area contributed by atoms with Crippen LogP contribution in [0.25, 0.3) is 10.4 Å². The Hall–Kier alpha value is -2.78. The fraction of sp³-hybridized carbons (Fsp3) is 0.316. The topological polar surface area (TPSA) is 128 Å². The molecule has 0 aliphatic carbocycles. The van der Waals surface area contributed by atoms with Crippen LogP contribution in [-0.4, -0.2) is 42.1 Å². The largest absolute Gasteiger partial charge is 0.457 e. The number of rotatable bonds is 4. The first-order chi connectivity index (χ1) is 13.8. The summed E-state index contributed by atoms with van der Waals surface area (Å²) in [4.78, 5) is 37.9. The van der Waals surface area contributed by atoms with Gasteiger partial charge in [-0.05, 0) is 43.0 Å². The van der Waals surface area contributed by atoms with Crippen LogP contribution in [-0.2, 0) is 4.74 Å². The molecule has 0 saturated carbocycles. The van der Waals surface area contributed by atoms with Crippen LogP contribution in [0.5, 0.6) is 0 Å². The van der Waals surface area contributed by atoms with Crippen LogP contribution in [0.4, 0.5) is 14.6 Å². The number of thiophene rings is 1. The molecule has 8 nitrogen and oxygen atoms in total. The molecule has 4 amide bonds. The van der Waals surface area contributed by atoms with E-state index in [4.69, 9.17) is 27.8 Å². The zero-order valence-corrected chi connectivity index (χ0v) is 17.1. The molecule has 1 atom stereocenters. The summed E-state index contributed by atoms with van der Waals surface area (Å²) in [6, 6.07) is 7.44. The Bertz CT molecular complexity index is 933. The average Bonchev–Trinajstić information content (AvgIpc) is 2.92. The van der Waals surface area contributed by atoms with Crippen molar-refractivity contribution < 1.29 is 19.1 Å². The molecule has 29 heavy (non-hydrogen) atoms. The van der Waals surface area contributed by atoms with Gasteiger partial charge in [0.2, 0.25) is 0 Å². The molecule has 1 saturated heterocycles. The third-order valence-corrected chi connectivity index (χ3v) is 5.85. The maximum Gasteiger partial charge on any atom is 0.341 e. The highest BCUT2D eigenvalue weighted by Crippen LogP contribution is 2.37. The number of carbonyl (C=O) groups excluding carboxylic acids is 3. The first kappa shape index (κ1) is 20.9. The maximum absolute atomic E-state index is 12.8. The number of nitrogens with two attached hydrogens (primary N) is 2. The summed E-state index contributed by atoms with van der Waals surface area (Å²) in [5.74, 6) is -0.602. The molecule has 10 heteroatoms. The van der Waals surface area contributed by atoms with Gasteiger partial charge in [-0.3, -0.25) is 5.32 Å². The van der Waals surface area contributed by atoms with Gasteiger partial charge in [0.25, 0.3) is 0 Å². The van der Waals surface area contributed by atoms with E-state index in [0.29, 0.717) is 18.0 Å². The van der Waals surface area contributed by atoms with Crippen molar-refractivity contribution in [1.29, 1.82) is 0 Å². The number of anilines is 1. The maximum atomic E-state index is 12.8.